The van der Waals surface area contributed by atoms with Gasteiger partial charge in [-0.25, -0.2) is 9.97 Å². The summed E-state index contributed by atoms with van der Waals surface area (Å²) in [6.07, 6.45) is 2.17. The van der Waals surface area contributed by atoms with Crippen LogP contribution in [0.1, 0.15) is 29.4 Å². The second-order valence-electron chi connectivity index (χ2n) is 4.38. The Balaban J connectivity index is 1.97. The molecule has 0 spiro atoms. The van der Waals surface area contributed by atoms with Gasteiger partial charge in [-0.3, -0.25) is 0 Å². The Kier molecular flexibility index (Phi) is 2.73. The lowest BCUT2D eigenvalue weighted by Crippen LogP contribution is -2.16. The van der Waals surface area contributed by atoms with E-state index < -0.39 is 0 Å². The zero-order valence-corrected chi connectivity index (χ0v) is 10.0. The molecule has 1 unspecified atom stereocenters. The first-order chi connectivity index (χ1) is 7.84. The van der Waals surface area contributed by atoms with Crippen LogP contribution >= 0.6 is 11.8 Å². The van der Waals surface area contributed by atoms with Crippen molar-refractivity contribution >= 4 is 17.6 Å². The lowest BCUT2D eigenvalue weighted by Gasteiger charge is -2.18. The van der Waals surface area contributed by atoms with Crippen molar-refractivity contribution in [3.8, 4) is 0 Å². The fourth-order valence-corrected chi connectivity index (χ4v) is 3.33. The van der Waals surface area contributed by atoms with Gasteiger partial charge < -0.3 is 11.1 Å². The van der Waals surface area contributed by atoms with E-state index >= 15 is 0 Å². The highest BCUT2D eigenvalue weighted by Gasteiger charge is 2.23. The zero-order valence-electron chi connectivity index (χ0n) is 9.20. The van der Waals surface area contributed by atoms with Gasteiger partial charge in [-0.2, -0.15) is 11.8 Å². The molecule has 2 aliphatic heterocycles. The molecule has 4 nitrogen and oxygen atoms in total. The number of hydrogen-bond donors (Lipinski definition) is 2. The fourth-order valence-electron chi connectivity index (χ4n) is 2.33. The van der Waals surface area contributed by atoms with Crippen molar-refractivity contribution in [3.05, 3.63) is 17.1 Å². The topological polar surface area (TPSA) is 63.8 Å². The molecule has 3 heterocycles. The van der Waals surface area contributed by atoms with Gasteiger partial charge in [0.2, 0.25) is 0 Å². The third kappa shape index (κ3) is 1.78. The summed E-state index contributed by atoms with van der Waals surface area (Å²) >= 11 is 1.92. The van der Waals surface area contributed by atoms with E-state index in [0.29, 0.717) is 11.7 Å². The number of rotatable bonds is 1. The van der Waals surface area contributed by atoms with Crippen LogP contribution in [0, 0.1) is 0 Å². The highest BCUT2D eigenvalue weighted by atomic mass is 32.2. The van der Waals surface area contributed by atoms with E-state index in [0.717, 1.165) is 43.3 Å². The Morgan fingerprint density at radius 2 is 2.31 bits per heavy atom. The SMILES string of the molecule is Nc1nc(C2CCNC2)nc2c1CSCC2. The minimum absolute atomic E-state index is 0.460. The minimum atomic E-state index is 0.460. The standard InChI is InChI=1S/C11H16N4S/c12-10-8-6-16-4-2-9(8)14-11(15-10)7-1-3-13-5-7/h7,13H,1-6H2,(H2,12,14,15). The van der Waals surface area contributed by atoms with E-state index in [2.05, 4.69) is 10.3 Å². The monoisotopic (exact) mass is 236 g/mol. The number of nitrogen functional groups attached to an aromatic ring is 1. The molecule has 0 aromatic carbocycles. The summed E-state index contributed by atoms with van der Waals surface area (Å²) in [6.45, 7) is 2.06. The first kappa shape index (κ1) is 10.4. The maximum atomic E-state index is 6.02. The molecule has 1 aromatic rings. The molecule has 1 fully saturated rings. The molecule has 0 saturated carbocycles. The van der Waals surface area contributed by atoms with Crippen LogP contribution in [0.15, 0.2) is 0 Å². The van der Waals surface area contributed by atoms with E-state index in [4.69, 9.17) is 10.7 Å². The van der Waals surface area contributed by atoms with Crippen LogP contribution in [0.2, 0.25) is 0 Å². The number of nitrogens with one attached hydrogen (secondary N) is 1. The van der Waals surface area contributed by atoms with Gasteiger partial charge in [0.1, 0.15) is 11.6 Å². The van der Waals surface area contributed by atoms with Gasteiger partial charge in [-0.15, -0.1) is 0 Å². The molecule has 3 N–H and O–H groups in total. The third-order valence-corrected chi connectivity index (χ3v) is 4.28. The molecule has 16 heavy (non-hydrogen) atoms. The average molecular weight is 236 g/mol. The number of thioether (sulfide) groups is 1. The number of fused-ring (bicyclic) bond motifs is 1. The van der Waals surface area contributed by atoms with E-state index in [9.17, 15) is 0 Å². The zero-order chi connectivity index (χ0) is 11.0. The first-order valence-corrected chi connectivity index (χ1v) is 6.93. The summed E-state index contributed by atoms with van der Waals surface area (Å²) < 4.78 is 0. The van der Waals surface area contributed by atoms with Crippen molar-refractivity contribution in [2.24, 2.45) is 0 Å². The van der Waals surface area contributed by atoms with Gasteiger partial charge in [0.25, 0.3) is 0 Å². The van der Waals surface area contributed by atoms with Gasteiger partial charge in [-0.1, -0.05) is 0 Å². The lowest BCUT2D eigenvalue weighted by atomic mass is 10.1. The van der Waals surface area contributed by atoms with Crippen LogP contribution in [0.25, 0.3) is 0 Å². The summed E-state index contributed by atoms with van der Waals surface area (Å²) in [6, 6.07) is 0. The quantitative estimate of drug-likeness (QED) is 0.759. The third-order valence-electron chi connectivity index (χ3n) is 3.30. The Morgan fingerprint density at radius 3 is 3.12 bits per heavy atom. The van der Waals surface area contributed by atoms with Gasteiger partial charge in [-0.05, 0) is 25.1 Å². The molecule has 0 radical (unpaired) electrons. The highest BCUT2D eigenvalue weighted by molar-refractivity contribution is 7.98. The predicted molar refractivity (Wildman–Crippen MR) is 66.5 cm³/mol. The van der Waals surface area contributed by atoms with Crippen LogP contribution < -0.4 is 11.1 Å². The molecule has 1 atom stereocenters. The molecule has 3 rings (SSSR count). The molecule has 0 aliphatic carbocycles. The highest BCUT2D eigenvalue weighted by Crippen LogP contribution is 2.29. The number of aromatic nitrogens is 2. The van der Waals surface area contributed by atoms with Gasteiger partial charge in [0.15, 0.2) is 0 Å². The largest absolute Gasteiger partial charge is 0.383 e. The van der Waals surface area contributed by atoms with Crippen molar-refractivity contribution in [2.75, 3.05) is 24.6 Å². The second kappa shape index (κ2) is 4.22. The maximum absolute atomic E-state index is 6.02. The normalized spacial score (nSPS) is 24.4. The first-order valence-electron chi connectivity index (χ1n) is 5.78. The second-order valence-corrected chi connectivity index (χ2v) is 5.49. The molecule has 0 bridgehead atoms. The lowest BCUT2D eigenvalue weighted by molar-refractivity contribution is 0.692. The van der Waals surface area contributed by atoms with Gasteiger partial charge in [0.05, 0.1) is 5.69 Å². The Hall–Kier alpha value is -0.810. The average Bonchev–Trinajstić information content (AvgIpc) is 2.82. The number of nitrogens with two attached hydrogens (primary N) is 1. The van der Waals surface area contributed by atoms with E-state index in [1.54, 1.807) is 0 Å². The summed E-state index contributed by atoms with van der Waals surface area (Å²) in [4.78, 5) is 9.19. The summed E-state index contributed by atoms with van der Waals surface area (Å²) in [7, 11) is 0. The predicted octanol–water partition coefficient (Wildman–Crippen LogP) is 0.925. The Labute approximate surface area is 99.4 Å². The van der Waals surface area contributed by atoms with E-state index in [1.807, 2.05) is 11.8 Å². The van der Waals surface area contributed by atoms with Crippen LogP contribution in [0.4, 0.5) is 5.82 Å². The summed E-state index contributed by atoms with van der Waals surface area (Å²) in [5, 5.41) is 3.35. The van der Waals surface area contributed by atoms with Crippen LogP contribution in [-0.2, 0) is 12.2 Å². The van der Waals surface area contributed by atoms with Crippen molar-refractivity contribution in [2.45, 2.75) is 24.5 Å². The minimum Gasteiger partial charge on any atom is -0.383 e. The molecule has 1 aromatic heterocycles. The fraction of sp³-hybridized carbons (Fsp3) is 0.636. The number of hydrogen-bond acceptors (Lipinski definition) is 5. The van der Waals surface area contributed by atoms with Crippen LogP contribution in [0.3, 0.4) is 0 Å². The number of nitrogens with zero attached hydrogens (tertiary/aromatic N) is 2. The van der Waals surface area contributed by atoms with Crippen molar-refractivity contribution in [1.29, 1.82) is 0 Å². The van der Waals surface area contributed by atoms with Crippen LogP contribution in [0.5, 0.6) is 0 Å². The van der Waals surface area contributed by atoms with Gasteiger partial charge in [0, 0.05) is 23.8 Å². The molecule has 5 heteroatoms. The molecule has 86 valence electrons. The summed E-state index contributed by atoms with van der Waals surface area (Å²) in [5.74, 6) is 4.25. The van der Waals surface area contributed by atoms with Gasteiger partial charge >= 0.3 is 0 Å². The Bertz CT molecular complexity index is 401. The van der Waals surface area contributed by atoms with Crippen molar-refractivity contribution < 1.29 is 0 Å². The molecule has 2 aliphatic rings. The summed E-state index contributed by atoms with van der Waals surface area (Å²) in [5.41, 5.74) is 8.39. The van der Waals surface area contributed by atoms with E-state index in [1.165, 1.54) is 11.3 Å². The molecular formula is C11H16N4S. The Morgan fingerprint density at radius 1 is 1.38 bits per heavy atom. The maximum Gasteiger partial charge on any atom is 0.135 e. The van der Waals surface area contributed by atoms with Crippen molar-refractivity contribution in [3.63, 3.8) is 0 Å². The molecule has 1 saturated heterocycles. The number of aryl methyl sites for hydroxylation is 1. The van der Waals surface area contributed by atoms with Crippen LogP contribution in [-0.4, -0.2) is 28.8 Å². The van der Waals surface area contributed by atoms with E-state index in [-0.39, 0.29) is 0 Å². The smallest absolute Gasteiger partial charge is 0.135 e. The molecular weight excluding hydrogens is 220 g/mol. The van der Waals surface area contributed by atoms with Crippen molar-refractivity contribution in [1.82, 2.24) is 15.3 Å². The molecule has 0 amide bonds. The number of anilines is 1.